The maximum atomic E-state index is 12.9. The molecule has 11 heteroatoms. The van der Waals surface area contributed by atoms with E-state index in [1.54, 1.807) is 13.8 Å². The number of phosphoric ester groups is 1. The van der Waals surface area contributed by atoms with Gasteiger partial charge in [0.25, 0.3) is 0 Å². The van der Waals surface area contributed by atoms with Crippen molar-refractivity contribution < 1.29 is 36.5 Å². The predicted octanol–water partition coefficient (Wildman–Crippen LogP) is 5.99. The number of hydrogen-bond acceptors (Lipinski definition) is 8. The Morgan fingerprint density at radius 1 is 0.914 bits per heavy atom. The molecule has 202 valence electrons. The largest absolute Gasteiger partial charge is 0.475 e. The molecule has 0 aromatic heterocycles. The summed E-state index contributed by atoms with van der Waals surface area (Å²) in [6.45, 7) is 14.4. The van der Waals surface area contributed by atoms with Crippen molar-refractivity contribution in [3.63, 3.8) is 0 Å². The Labute approximate surface area is 212 Å². The third-order valence-corrected chi connectivity index (χ3v) is 7.71. The second-order valence-electron chi connectivity index (χ2n) is 8.17. The third kappa shape index (κ3) is 12.8. The maximum absolute atomic E-state index is 12.9. The van der Waals surface area contributed by atoms with Gasteiger partial charge < -0.3 is 18.9 Å². The molecule has 1 amide bonds. The van der Waals surface area contributed by atoms with Crippen LogP contribution in [0, 0.1) is 5.92 Å². The van der Waals surface area contributed by atoms with Gasteiger partial charge in [-0.15, -0.1) is 0 Å². The van der Waals surface area contributed by atoms with Crippen molar-refractivity contribution in [1.29, 1.82) is 0 Å². The summed E-state index contributed by atoms with van der Waals surface area (Å²) in [5, 5.41) is 2.87. The molecule has 0 heterocycles. The third-order valence-electron chi connectivity index (χ3n) is 4.71. The van der Waals surface area contributed by atoms with Crippen LogP contribution in [0.5, 0.6) is 0 Å². The Morgan fingerprint density at radius 3 is 1.97 bits per heavy atom. The van der Waals surface area contributed by atoms with Crippen LogP contribution < -0.4 is 5.32 Å². The van der Waals surface area contributed by atoms with E-state index in [1.165, 1.54) is 5.56 Å². The highest BCUT2D eigenvalue weighted by Crippen LogP contribution is 2.51. The van der Waals surface area contributed by atoms with Gasteiger partial charge in [0.05, 0.1) is 39.0 Å². The van der Waals surface area contributed by atoms with Gasteiger partial charge in [0.15, 0.2) is 0 Å². The van der Waals surface area contributed by atoms with Crippen molar-refractivity contribution in [3.05, 3.63) is 35.4 Å². The molecule has 0 aliphatic heterocycles. The number of hydrogen-bond donors (Lipinski definition) is 1. The molecule has 1 aromatic carbocycles. The van der Waals surface area contributed by atoms with Crippen LogP contribution in [0.2, 0.25) is 0 Å². The molecule has 0 fully saturated rings. The summed E-state index contributed by atoms with van der Waals surface area (Å²) in [4.78, 5) is 12.9. The van der Waals surface area contributed by atoms with Crippen molar-refractivity contribution in [2.24, 2.45) is 5.92 Å². The van der Waals surface area contributed by atoms with Crippen LogP contribution in [0.15, 0.2) is 24.3 Å². The lowest BCUT2D eigenvalue weighted by Crippen LogP contribution is -2.38. The Morgan fingerprint density at radius 2 is 1.49 bits per heavy atom. The highest BCUT2D eigenvalue weighted by atomic mass is 31.2. The van der Waals surface area contributed by atoms with Gasteiger partial charge in [0.2, 0.25) is 5.91 Å². The van der Waals surface area contributed by atoms with Crippen molar-refractivity contribution in [2.75, 3.05) is 39.6 Å². The number of phosphoric acid groups is 1. The lowest BCUT2D eigenvalue weighted by Gasteiger charge is -2.25. The van der Waals surface area contributed by atoms with Gasteiger partial charge >= 0.3 is 16.4 Å². The number of amides is 1. The fourth-order valence-corrected chi connectivity index (χ4v) is 5.39. The van der Waals surface area contributed by atoms with Gasteiger partial charge in [-0.25, -0.2) is 4.57 Å². The van der Waals surface area contributed by atoms with Crippen molar-refractivity contribution in [2.45, 2.75) is 66.9 Å². The van der Waals surface area contributed by atoms with Gasteiger partial charge in [0.1, 0.15) is 6.10 Å². The molecular weight excluding hydrogens is 492 g/mol. The summed E-state index contributed by atoms with van der Waals surface area (Å²) in [5.74, 6) is 0.00512. The van der Waals surface area contributed by atoms with Gasteiger partial charge in [-0.2, -0.15) is 0 Å². The monoisotopic (exact) mass is 535 g/mol. The second kappa shape index (κ2) is 17.5. The lowest BCUT2D eigenvalue weighted by molar-refractivity contribution is -0.122. The zero-order chi connectivity index (χ0) is 26.3. The van der Waals surface area contributed by atoms with Crippen LogP contribution in [-0.2, 0) is 42.9 Å². The second-order valence-corrected chi connectivity index (χ2v) is 11.0. The molecule has 2 atom stereocenters. The number of rotatable bonds is 19. The first-order valence-electron chi connectivity index (χ1n) is 12.3. The minimum Gasteiger partial charge on any atom is -0.353 e. The molecule has 0 spiro atoms. The summed E-state index contributed by atoms with van der Waals surface area (Å²) < 4.78 is 45.8. The quantitative estimate of drug-likeness (QED) is 0.216. The molecule has 9 nitrogen and oxygen atoms in total. The maximum Gasteiger partial charge on any atom is 0.475 e. The SMILES string of the molecule is CCOP(OCC)OCC(CNC(=O)C(C)c1ccc(CC(C)C)cc1)OP(=O)(OCC)OCC. The normalized spacial score (nSPS) is 13.9. The molecule has 0 saturated carbocycles. The van der Waals surface area contributed by atoms with E-state index in [0.29, 0.717) is 19.1 Å². The van der Waals surface area contributed by atoms with E-state index in [0.717, 1.165) is 12.0 Å². The molecule has 0 saturated heterocycles. The topological polar surface area (TPSA) is 102 Å². The van der Waals surface area contributed by atoms with Crippen LogP contribution >= 0.6 is 16.4 Å². The summed E-state index contributed by atoms with van der Waals surface area (Å²) in [5.41, 5.74) is 2.15. The summed E-state index contributed by atoms with van der Waals surface area (Å²) in [6, 6.07) is 8.08. The van der Waals surface area contributed by atoms with E-state index >= 15 is 0 Å². The van der Waals surface area contributed by atoms with Gasteiger partial charge in [-0.1, -0.05) is 38.1 Å². The molecule has 1 aromatic rings. The van der Waals surface area contributed by atoms with Crippen LogP contribution in [-0.4, -0.2) is 51.6 Å². The first-order valence-corrected chi connectivity index (χ1v) is 14.9. The van der Waals surface area contributed by atoms with E-state index in [9.17, 15) is 9.36 Å². The molecule has 1 rings (SSSR count). The van der Waals surface area contributed by atoms with Crippen LogP contribution in [0.4, 0.5) is 0 Å². The lowest BCUT2D eigenvalue weighted by atomic mass is 9.96. The van der Waals surface area contributed by atoms with Crippen molar-refractivity contribution >= 4 is 22.3 Å². The molecular formula is C24H43NO8P2. The molecule has 0 aliphatic carbocycles. The Bertz CT molecular complexity index is 746. The van der Waals surface area contributed by atoms with Crippen LogP contribution in [0.25, 0.3) is 0 Å². The molecule has 1 N–H and O–H groups in total. The molecule has 0 bridgehead atoms. The Kier molecular flexibility index (Phi) is 16.1. The number of carbonyl (C=O) groups is 1. The number of benzene rings is 1. The summed E-state index contributed by atoms with van der Waals surface area (Å²) >= 11 is 0. The number of nitrogens with one attached hydrogen (secondary N) is 1. The molecule has 35 heavy (non-hydrogen) atoms. The molecule has 2 unspecified atom stereocenters. The summed E-state index contributed by atoms with van der Waals surface area (Å²) in [6.07, 6.45) is 0.181. The van der Waals surface area contributed by atoms with E-state index < -0.39 is 22.5 Å². The zero-order valence-corrected chi connectivity index (χ0v) is 23.9. The summed E-state index contributed by atoms with van der Waals surface area (Å²) in [7, 11) is -5.43. The van der Waals surface area contributed by atoms with E-state index in [4.69, 9.17) is 27.1 Å². The highest BCUT2D eigenvalue weighted by Gasteiger charge is 2.31. The van der Waals surface area contributed by atoms with Gasteiger partial charge in [-0.05, 0) is 58.1 Å². The highest BCUT2D eigenvalue weighted by molar-refractivity contribution is 7.48. The Balaban J connectivity index is 2.85. The van der Waals surface area contributed by atoms with E-state index in [2.05, 4.69) is 31.3 Å². The average Bonchev–Trinajstić information content (AvgIpc) is 2.80. The minimum absolute atomic E-state index is 0.0333. The first-order chi connectivity index (χ1) is 16.7. The van der Waals surface area contributed by atoms with Crippen LogP contribution in [0.1, 0.15) is 65.5 Å². The van der Waals surface area contributed by atoms with Gasteiger partial charge in [0, 0.05) is 6.54 Å². The smallest absolute Gasteiger partial charge is 0.353 e. The number of carbonyl (C=O) groups excluding carboxylic acids is 1. The van der Waals surface area contributed by atoms with E-state index in [-0.39, 0.29) is 38.2 Å². The minimum atomic E-state index is -3.83. The zero-order valence-electron chi connectivity index (χ0n) is 22.2. The first kappa shape index (κ1) is 32.1. The van der Waals surface area contributed by atoms with Gasteiger partial charge in [-0.3, -0.25) is 18.4 Å². The molecule has 0 aliphatic rings. The standard InChI is InChI=1S/C24H43NO8P2/c1-8-28-34(29-9-2)30-18-23(33-35(27,31-10-3)32-11-4)17-25-24(26)20(7)22-14-12-21(13-15-22)16-19(5)6/h12-15,19-20,23H,8-11,16-18H2,1-7H3,(H,25,26). The van der Waals surface area contributed by atoms with Crippen LogP contribution in [0.3, 0.4) is 0 Å². The van der Waals surface area contributed by atoms with Crippen molar-refractivity contribution in [1.82, 2.24) is 5.32 Å². The van der Waals surface area contributed by atoms with Crippen molar-refractivity contribution in [3.8, 4) is 0 Å². The predicted molar refractivity (Wildman–Crippen MR) is 138 cm³/mol. The average molecular weight is 536 g/mol. The fourth-order valence-electron chi connectivity index (χ4n) is 3.12. The molecule has 0 radical (unpaired) electrons. The van der Waals surface area contributed by atoms with E-state index in [1.807, 2.05) is 32.9 Å². The fraction of sp³-hybridized carbons (Fsp3) is 0.708. The Hall–Kier alpha value is -0.890.